The Kier molecular flexibility index (Phi) is 4.06. The number of benzene rings is 1. The van der Waals surface area contributed by atoms with Gasteiger partial charge in [0.05, 0.1) is 10.2 Å². The molecule has 2 rings (SSSR count). The molecular formula is C12H8BrF2N3O. The molecule has 0 spiro atoms. The molecule has 1 aromatic carbocycles. The van der Waals surface area contributed by atoms with Crippen molar-refractivity contribution in [2.45, 2.75) is 0 Å². The number of carbonyl (C=O) groups excluding carboxylic acids is 1. The molecule has 0 saturated heterocycles. The van der Waals surface area contributed by atoms with E-state index in [1.54, 1.807) is 12.1 Å². The summed E-state index contributed by atoms with van der Waals surface area (Å²) < 4.78 is 26.6. The average Bonchev–Trinajstić information content (AvgIpc) is 2.36. The fourth-order valence-corrected chi connectivity index (χ4v) is 1.68. The normalized spacial score (nSPS) is 10.1. The number of nitrogens with one attached hydrogen (secondary N) is 2. The summed E-state index contributed by atoms with van der Waals surface area (Å²) in [6.07, 6.45) is 1.50. The number of rotatable bonds is 2. The van der Waals surface area contributed by atoms with Crippen LogP contribution >= 0.6 is 15.9 Å². The maximum absolute atomic E-state index is 13.3. The Morgan fingerprint density at radius 2 is 2.00 bits per heavy atom. The molecule has 0 atom stereocenters. The maximum Gasteiger partial charge on any atom is 0.324 e. The van der Waals surface area contributed by atoms with Crippen molar-refractivity contribution in [2.24, 2.45) is 0 Å². The van der Waals surface area contributed by atoms with Crippen LogP contribution in [-0.2, 0) is 0 Å². The number of anilines is 2. The second kappa shape index (κ2) is 5.75. The van der Waals surface area contributed by atoms with E-state index in [1.807, 2.05) is 0 Å². The highest BCUT2D eigenvalue weighted by atomic mass is 79.9. The lowest BCUT2D eigenvalue weighted by molar-refractivity contribution is 0.262. The van der Waals surface area contributed by atoms with E-state index in [9.17, 15) is 13.6 Å². The molecule has 98 valence electrons. The summed E-state index contributed by atoms with van der Waals surface area (Å²) in [5.41, 5.74) is -0.119. The van der Waals surface area contributed by atoms with E-state index in [0.29, 0.717) is 16.4 Å². The highest BCUT2D eigenvalue weighted by molar-refractivity contribution is 9.10. The summed E-state index contributed by atoms with van der Waals surface area (Å²) in [7, 11) is 0. The van der Waals surface area contributed by atoms with E-state index < -0.39 is 17.7 Å². The molecule has 0 saturated carbocycles. The van der Waals surface area contributed by atoms with Crippen LogP contribution in [0.2, 0.25) is 0 Å². The lowest BCUT2D eigenvalue weighted by Crippen LogP contribution is -2.21. The Balaban J connectivity index is 2.08. The van der Waals surface area contributed by atoms with Gasteiger partial charge in [0, 0.05) is 12.3 Å². The number of pyridine rings is 1. The van der Waals surface area contributed by atoms with E-state index in [2.05, 4.69) is 31.5 Å². The second-order valence-electron chi connectivity index (χ2n) is 3.54. The summed E-state index contributed by atoms with van der Waals surface area (Å²) in [6, 6.07) is 5.58. The standard InChI is InChI=1S/C12H8BrF2N3O/c13-8-2-1-5-16-11(8)18-12(19)17-10-4-3-7(14)6-9(10)15/h1-6H,(H2,16,17,18,19). The van der Waals surface area contributed by atoms with Crippen LogP contribution in [-0.4, -0.2) is 11.0 Å². The number of aromatic nitrogens is 1. The number of urea groups is 1. The fraction of sp³-hybridized carbons (Fsp3) is 0. The van der Waals surface area contributed by atoms with Crippen LogP contribution in [0.1, 0.15) is 0 Å². The molecule has 7 heteroatoms. The van der Waals surface area contributed by atoms with E-state index in [4.69, 9.17) is 0 Å². The Labute approximate surface area is 116 Å². The summed E-state index contributed by atoms with van der Waals surface area (Å²) in [6.45, 7) is 0. The zero-order chi connectivity index (χ0) is 13.8. The Morgan fingerprint density at radius 1 is 1.21 bits per heavy atom. The topological polar surface area (TPSA) is 54.0 Å². The number of halogens is 3. The molecule has 19 heavy (non-hydrogen) atoms. The molecule has 0 radical (unpaired) electrons. The van der Waals surface area contributed by atoms with Crippen LogP contribution in [0, 0.1) is 11.6 Å². The van der Waals surface area contributed by atoms with Crippen LogP contribution in [0.3, 0.4) is 0 Å². The number of carbonyl (C=O) groups is 1. The van der Waals surface area contributed by atoms with Crippen molar-refractivity contribution in [2.75, 3.05) is 10.6 Å². The quantitative estimate of drug-likeness (QED) is 0.882. The van der Waals surface area contributed by atoms with E-state index in [0.717, 1.165) is 12.1 Å². The van der Waals surface area contributed by atoms with Gasteiger partial charge in [-0.05, 0) is 40.2 Å². The van der Waals surface area contributed by atoms with Crippen LogP contribution in [0.4, 0.5) is 25.1 Å². The van der Waals surface area contributed by atoms with E-state index in [-0.39, 0.29) is 5.69 Å². The molecule has 1 aromatic heterocycles. The van der Waals surface area contributed by atoms with Gasteiger partial charge in [-0.2, -0.15) is 0 Å². The SMILES string of the molecule is O=C(Nc1ccc(F)cc1F)Nc1ncccc1Br. The highest BCUT2D eigenvalue weighted by Gasteiger charge is 2.09. The van der Waals surface area contributed by atoms with Gasteiger partial charge in [-0.15, -0.1) is 0 Å². The number of amides is 2. The second-order valence-corrected chi connectivity index (χ2v) is 4.39. The lowest BCUT2D eigenvalue weighted by atomic mass is 10.3. The predicted octanol–water partition coefficient (Wildman–Crippen LogP) is 3.77. The summed E-state index contributed by atoms with van der Waals surface area (Å²) in [4.78, 5) is 15.6. The minimum absolute atomic E-state index is 0.119. The largest absolute Gasteiger partial charge is 0.324 e. The number of nitrogens with zero attached hydrogens (tertiary/aromatic N) is 1. The Hall–Kier alpha value is -2.02. The first-order valence-corrected chi connectivity index (χ1v) is 5.99. The predicted molar refractivity (Wildman–Crippen MR) is 70.9 cm³/mol. The number of hydrogen-bond acceptors (Lipinski definition) is 2. The average molecular weight is 328 g/mol. The number of hydrogen-bond donors (Lipinski definition) is 2. The van der Waals surface area contributed by atoms with Crippen LogP contribution in [0.15, 0.2) is 41.0 Å². The van der Waals surface area contributed by atoms with Crippen molar-refractivity contribution in [3.63, 3.8) is 0 Å². The first kappa shape index (κ1) is 13.4. The third-order valence-corrected chi connectivity index (χ3v) is 2.81. The first-order chi connectivity index (χ1) is 9.06. The van der Waals surface area contributed by atoms with Gasteiger partial charge in [0.1, 0.15) is 17.5 Å². The molecule has 0 fully saturated rings. The molecule has 0 unspecified atom stereocenters. The van der Waals surface area contributed by atoms with Gasteiger partial charge in [0.25, 0.3) is 0 Å². The third kappa shape index (κ3) is 3.47. The fourth-order valence-electron chi connectivity index (χ4n) is 1.33. The van der Waals surface area contributed by atoms with Crippen molar-refractivity contribution in [3.8, 4) is 0 Å². The molecular weight excluding hydrogens is 320 g/mol. The lowest BCUT2D eigenvalue weighted by Gasteiger charge is -2.08. The third-order valence-electron chi connectivity index (χ3n) is 2.17. The molecule has 1 heterocycles. The summed E-state index contributed by atoms with van der Waals surface area (Å²) in [5, 5.41) is 4.69. The summed E-state index contributed by atoms with van der Waals surface area (Å²) in [5.74, 6) is -1.27. The van der Waals surface area contributed by atoms with Crippen molar-refractivity contribution < 1.29 is 13.6 Å². The maximum atomic E-state index is 13.3. The minimum atomic E-state index is -0.852. The van der Waals surface area contributed by atoms with Gasteiger partial charge in [-0.1, -0.05) is 0 Å². The van der Waals surface area contributed by atoms with Crippen molar-refractivity contribution in [3.05, 3.63) is 52.6 Å². The van der Waals surface area contributed by atoms with Gasteiger partial charge >= 0.3 is 6.03 Å². The molecule has 0 aliphatic heterocycles. The molecule has 2 aromatic rings. The zero-order valence-electron chi connectivity index (χ0n) is 9.45. The molecule has 0 aliphatic carbocycles. The Bertz CT molecular complexity index is 622. The smallest absolute Gasteiger partial charge is 0.305 e. The monoisotopic (exact) mass is 327 g/mol. The van der Waals surface area contributed by atoms with Crippen molar-refractivity contribution in [1.29, 1.82) is 0 Å². The molecule has 0 aliphatic rings. The molecule has 4 nitrogen and oxygen atoms in total. The highest BCUT2D eigenvalue weighted by Crippen LogP contribution is 2.19. The minimum Gasteiger partial charge on any atom is -0.305 e. The Morgan fingerprint density at radius 3 is 2.68 bits per heavy atom. The van der Waals surface area contributed by atoms with Crippen molar-refractivity contribution >= 4 is 33.5 Å². The summed E-state index contributed by atoms with van der Waals surface area (Å²) >= 11 is 3.21. The van der Waals surface area contributed by atoms with Gasteiger partial charge in [0.15, 0.2) is 0 Å². The van der Waals surface area contributed by atoms with Crippen LogP contribution < -0.4 is 10.6 Å². The molecule has 0 bridgehead atoms. The molecule has 2 amide bonds. The van der Waals surface area contributed by atoms with E-state index in [1.165, 1.54) is 6.20 Å². The van der Waals surface area contributed by atoms with E-state index >= 15 is 0 Å². The van der Waals surface area contributed by atoms with Gasteiger partial charge < -0.3 is 5.32 Å². The van der Waals surface area contributed by atoms with Crippen LogP contribution in [0.5, 0.6) is 0 Å². The van der Waals surface area contributed by atoms with Gasteiger partial charge in [-0.3, -0.25) is 5.32 Å². The van der Waals surface area contributed by atoms with Crippen LogP contribution in [0.25, 0.3) is 0 Å². The molecule has 2 N–H and O–H groups in total. The van der Waals surface area contributed by atoms with Gasteiger partial charge in [0.2, 0.25) is 0 Å². The van der Waals surface area contributed by atoms with Crippen molar-refractivity contribution in [1.82, 2.24) is 4.98 Å². The van der Waals surface area contributed by atoms with Gasteiger partial charge in [-0.25, -0.2) is 18.6 Å². The zero-order valence-corrected chi connectivity index (χ0v) is 11.0. The first-order valence-electron chi connectivity index (χ1n) is 5.20.